The number of carbonyl (C=O) groups excluding carboxylic acids is 1. The number of piperazine rings is 1. The maximum absolute atomic E-state index is 12.6. The maximum Gasteiger partial charge on any atom is 0.410 e. The third-order valence-electron chi connectivity index (χ3n) is 7.69. The van der Waals surface area contributed by atoms with E-state index in [0.717, 1.165) is 67.6 Å². The minimum absolute atomic E-state index is 0.0803. The molecule has 1 atom stereocenters. The molecule has 1 unspecified atom stereocenters. The fourth-order valence-electron chi connectivity index (χ4n) is 5.63. The molecule has 2 aromatic carbocycles. The van der Waals surface area contributed by atoms with Crippen LogP contribution < -0.4 is 4.74 Å². The lowest BCUT2D eigenvalue weighted by atomic mass is 9.72. The van der Waals surface area contributed by atoms with Gasteiger partial charge in [-0.25, -0.2) is 4.79 Å². The van der Waals surface area contributed by atoms with Crippen LogP contribution in [0.25, 0.3) is 11.1 Å². The van der Waals surface area contributed by atoms with Crippen LogP contribution in [0.5, 0.6) is 5.75 Å². The summed E-state index contributed by atoms with van der Waals surface area (Å²) in [5.74, 6) is 0.663. The summed E-state index contributed by atoms with van der Waals surface area (Å²) in [7, 11) is 1.66. The van der Waals surface area contributed by atoms with Crippen LogP contribution in [0, 0.1) is 0 Å². The average Bonchev–Trinajstić information content (AvgIpc) is 2.88. The number of aliphatic hydroxyl groups is 1. The molecule has 208 valence electrons. The molecule has 1 N–H and O–H groups in total. The number of rotatable bonds is 6. The van der Waals surface area contributed by atoms with E-state index >= 15 is 0 Å². The highest BCUT2D eigenvalue weighted by Gasteiger charge is 2.40. The van der Waals surface area contributed by atoms with Crippen LogP contribution in [0.2, 0.25) is 10.0 Å². The normalized spacial score (nSPS) is 19.2. The van der Waals surface area contributed by atoms with E-state index in [2.05, 4.69) is 17.0 Å². The molecule has 4 rings (SSSR count). The summed E-state index contributed by atoms with van der Waals surface area (Å²) in [6, 6.07) is 11.8. The van der Waals surface area contributed by atoms with E-state index in [0.29, 0.717) is 29.7 Å². The van der Waals surface area contributed by atoms with E-state index in [9.17, 15) is 9.90 Å². The molecule has 2 aliphatic rings. The first kappa shape index (κ1) is 29.0. The van der Waals surface area contributed by atoms with Gasteiger partial charge in [-0.1, -0.05) is 54.6 Å². The molecule has 1 aliphatic heterocycles. The molecule has 8 heteroatoms. The van der Waals surface area contributed by atoms with E-state index in [-0.39, 0.29) is 12.0 Å². The minimum atomic E-state index is -0.788. The van der Waals surface area contributed by atoms with Gasteiger partial charge in [-0.3, -0.25) is 4.90 Å². The van der Waals surface area contributed by atoms with Crippen LogP contribution in [0.15, 0.2) is 36.4 Å². The molecule has 6 nitrogen and oxygen atoms in total. The van der Waals surface area contributed by atoms with Gasteiger partial charge in [0.25, 0.3) is 0 Å². The molecular weight excluding hydrogens is 523 g/mol. The zero-order valence-electron chi connectivity index (χ0n) is 22.9. The Morgan fingerprint density at radius 3 is 2.29 bits per heavy atom. The van der Waals surface area contributed by atoms with Crippen molar-refractivity contribution in [3.63, 3.8) is 0 Å². The number of carbonyl (C=O) groups is 1. The third kappa shape index (κ3) is 6.95. The van der Waals surface area contributed by atoms with Gasteiger partial charge in [0.1, 0.15) is 11.4 Å². The molecule has 1 aliphatic carbocycles. The Morgan fingerprint density at radius 2 is 1.68 bits per heavy atom. The van der Waals surface area contributed by atoms with Crippen molar-refractivity contribution in [1.82, 2.24) is 9.80 Å². The van der Waals surface area contributed by atoms with Gasteiger partial charge in [-0.05, 0) is 69.0 Å². The molecule has 1 saturated carbocycles. The lowest BCUT2D eigenvalue weighted by Gasteiger charge is -2.43. The van der Waals surface area contributed by atoms with Crippen molar-refractivity contribution in [3.8, 4) is 16.9 Å². The summed E-state index contributed by atoms with van der Waals surface area (Å²) >= 11 is 12.5. The highest BCUT2D eigenvalue weighted by Crippen LogP contribution is 2.43. The molecule has 38 heavy (non-hydrogen) atoms. The quantitative estimate of drug-likeness (QED) is 0.410. The van der Waals surface area contributed by atoms with Crippen molar-refractivity contribution >= 4 is 29.3 Å². The number of amides is 1. The van der Waals surface area contributed by atoms with Gasteiger partial charge in [-0.15, -0.1) is 0 Å². The maximum atomic E-state index is 12.6. The van der Waals surface area contributed by atoms with Crippen molar-refractivity contribution < 1.29 is 19.4 Å². The van der Waals surface area contributed by atoms with Crippen molar-refractivity contribution in [2.45, 2.75) is 70.0 Å². The molecule has 2 aromatic rings. The molecule has 0 radical (unpaired) electrons. The molecule has 0 aromatic heterocycles. The van der Waals surface area contributed by atoms with Gasteiger partial charge in [0, 0.05) is 44.2 Å². The second-order valence-electron chi connectivity index (χ2n) is 11.6. The zero-order chi connectivity index (χ0) is 27.5. The Kier molecular flexibility index (Phi) is 9.18. The van der Waals surface area contributed by atoms with E-state index in [4.69, 9.17) is 32.7 Å². The molecule has 1 heterocycles. The van der Waals surface area contributed by atoms with Crippen LogP contribution in [-0.2, 0) is 4.74 Å². The predicted molar refractivity (Wildman–Crippen MR) is 153 cm³/mol. The second-order valence-corrected chi connectivity index (χ2v) is 12.4. The fraction of sp³-hybridized carbons (Fsp3) is 0.567. The number of halogens is 2. The Labute approximate surface area is 236 Å². The van der Waals surface area contributed by atoms with Crippen molar-refractivity contribution in [3.05, 3.63) is 52.0 Å². The first-order valence-corrected chi connectivity index (χ1v) is 14.3. The number of benzene rings is 2. The largest absolute Gasteiger partial charge is 0.496 e. The van der Waals surface area contributed by atoms with Gasteiger partial charge in [-0.2, -0.15) is 0 Å². The zero-order valence-corrected chi connectivity index (χ0v) is 24.4. The minimum Gasteiger partial charge on any atom is -0.496 e. The molecule has 2 fully saturated rings. The van der Waals surface area contributed by atoms with Crippen molar-refractivity contribution in [2.24, 2.45) is 0 Å². The molecule has 0 spiro atoms. The summed E-state index contributed by atoms with van der Waals surface area (Å²) in [4.78, 5) is 16.7. The van der Waals surface area contributed by atoms with Crippen molar-refractivity contribution in [1.29, 1.82) is 0 Å². The number of methoxy groups -OCH3 is 1. The van der Waals surface area contributed by atoms with Crippen LogP contribution in [0.1, 0.15) is 64.4 Å². The van der Waals surface area contributed by atoms with E-state index in [1.54, 1.807) is 18.1 Å². The van der Waals surface area contributed by atoms with Crippen LogP contribution in [0.3, 0.4) is 0 Å². The van der Waals surface area contributed by atoms with Crippen molar-refractivity contribution in [2.75, 3.05) is 39.8 Å². The van der Waals surface area contributed by atoms with E-state index in [1.807, 2.05) is 39.0 Å². The van der Waals surface area contributed by atoms with Crippen LogP contribution >= 0.6 is 23.2 Å². The highest BCUT2D eigenvalue weighted by atomic mass is 35.5. The van der Waals surface area contributed by atoms with Gasteiger partial charge in [0.15, 0.2) is 0 Å². The first-order valence-electron chi connectivity index (χ1n) is 13.5. The Bertz CT molecular complexity index is 1120. The number of hydrogen-bond acceptors (Lipinski definition) is 5. The Morgan fingerprint density at radius 1 is 1.00 bits per heavy atom. The Balaban J connectivity index is 1.59. The Hall–Kier alpha value is -1.99. The molecule has 0 bridgehead atoms. The van der Waals surface area contributed by atoms with Gasteiger partial charge < -0.3 is 19.5 Å². The summed E-state index contributed by atoms with van der Waals surface area (Å²) in [6.45, 7) is 9.07. The summed E-state index contributed by atoms with van der Waals surface area (Å²) < 4.78 is 11.3. The standard InChI is InChI=1S/C30H40Cl2N2O4/c1-29(2,3)38-28(35)34-16-14-33(15-17-34)20-24(30(36)12-6-5-7-13-30)22-9-11-27(37-4)23(18-22)21-8-10-25(31)26(32)19-21/h8-11,18-19,24,36H,5-7,12-17,20H2,1-4H3. The summed E-state index contributed by atoms with van der Waals surface area (Å²) in [5.41, 5.74) is 1.61. The molecule has 1 saturated heterocycles. The van der Waals surface area contributed by atoms with Gasteiger partial charge in [0.05, 0.1) is 22.8 Å². The third-order valence-corrected chi connectivity index (χ3v) is 8.43. The van der Waals surface area contributed by atoms with Gasteiger partial charge >= 0.3 is 6.09 Å². The summed E-state index contributed by atoms with van der Waals surface area (Å²) in [5, 5.41) is 13.0. The molecule has 1 amide bonds. The average molecular weight is 564 g/mol. The molecular formula is C30H40Cl2N2O4. The smallest absolute Gasteiger partial charge is 0.410 e. The topological polar surface area (TPSA) is 62.2 Å². The number of nitrogens with zero attached hydrogens (tertiary/aromatic N) is 2. The monoisotopic (exact) mass is 562 g/mol. The number of ether oxygens (including phenoxy) is 2. The fourth-order valence-corrected chi connectivity index (χ4v) is 5.93. The first-order chi connectivity index (χ1) is 18.0. The van der Waals surface area contributed by atoms with E-state index in [1.165, 1.54) is 0 Å². The summed E-state index contributed by atoms with van der Waals surface area (Å²) in [6.07, 6.45) is 4.50. The highest BCUT2D eigenvalue weighted by molar-refractivity contribution is 6.42. The van der Waals surface area contributed by atoms with Gasteiger partial charge in [0.2, 0.25) is 0 Å². The lowest BCUT2D eigenvalue weighted by Crippen LogP contribution is -2.52. The second kappa shape index (κ2) is 12.0. The van der Waals surface area contributed by atoms with E-state index < -0.39 is 11.2 Å². The number of hydrogen-bond donors (Lipinski definition) is 1. The van der Waals surface area contributed by atoms with Crippen LogP contribution in [-0.4, -0.2) is 72.0 Å². The predicted octanol–water partition coefficient (Wildman–Crippen LogP) is 7.00. The SMILES string of the molecule is COc1ccc(C(CN2CCN(C(=O)OC(C)(C)C)CC2)C2(O)CCCCC2)cc1-c1ccc(Cl)c(Cl)c1. The lowest BCUT2D eigenvalue weighted by molar-refractivity contribution is -0.0356. The van der Waals surface area contributed by atoms with Crippen LogP contribution in [0.4, 0.5) is 4.79 Å².